The smallest absolute Gasteiger partial charge is 0.173 e. The predicted molar refractivity (Wildman–Crippen MR) is 50.9 cm³/mol. The van der Waals surface area contributed by atoms with Crippen molar-refractivity contribution in [1.29, 1.82) is 0 Å². The van der Waals surface area contributed by atoms with Gasteiger partial charge in [0, 0.05) is 0 Å². The highest BCUT2D eigenvalue weighted by Gasteiger charge is 2.17. The van der Waals surface area contributed by atoms with Crippen LogP contribution in [0.4, 0.5) is 0 Å². The van der Waals surface area contributed by atoms with E-state index in [2.05, 4.69) is 22.8 Å². The van der Waals surface area contributed by atoms with Gasteiger partial charge in [0.2, 0.25) is 0 Å². The summed E-state index contributed by atoms with van der Waals surface area (Å²) in [6, 6.07) is 0. The van der Waals surface area contributed by atoms with Crippen LogP contribution in [0.5, 0.6) is 0 Å². The van der Waals surface area contributed by atoms with Gasteiger partial charge in [0.1, 0.15) is 6.54 Å². The topological polar surface area (TPSA) is 53.5 Å². The molecule has 1 heterocycles. The van der Waals surface area contributed by atoms with Crippen molar-refractivity contribution in [3.05, 3.63) is 0 Å². The van der Waals surface area contributed by atoms with E-state index < -0.39 is 0 Å². The molecule has 68 valence electrons. The average molecular weight is 187 g/mol. The van der Waals surface area contributed by atoms with Gasteiger partial charge in [-0.2, -0.15) is 0 Å². The van der Waals surface area contributed by atoms with Gasteiger partial charge in [-0.1, -0.05) is 18.7 Å². The third-order valence-electron chi connectivity index (χ3n) is 1.41. The lowest BCUT2D eigenvalue weighted by molar-refractivity contribution is -0.115. The van der Waals surface area contributed by atoms with Gasteiger partial charge in [-0.3, -0.25) is 15.2 Å². The Labute approximate surface area is 76.2 Å². The molecule has 4 nitrogen and oxygen atoms in total. The molecular formula is C7H13N3OS. The van der Waals surface area contributed by atoms with Gasteiger partial charge in [-0.05, 0) is 13.3 Å². The van der Waals surface area contributed by atoms with Crippen LogP contribution in [0.25, 0.3) is 0 Å². The molecule has 0 amide bonds. The van der Waals surface area contributed by atoms with Crippen LogP contribution in [-0.4, -0.2) is 22.9 Å². The number of nitrogens with one attached hydrogen (secondary N) is 2. The summed E-state index contributed by atoms with van der Waals surface area (Å²) in [4.78, 5) is 14.7. The fourth-order valence-corrected chi connectivity index (χ4v) is 1.59. The highest BCUT2D eigenvalue weighted by molar-refractivity contribution is 8.14. The molecule has 1 fully saturated rings. The number of nitrogens with zero attached hydrogens (tertiary/aromatic N) is 1. The number of ketones is 1. The number of Topliss-reactive ketones (excluding diaryl/α,β-unsaturated/α-hetero) is 1. The van der Waals surface area contributed by atoms with E-state index >= 15 is 0 Å². The van der Waals surface area contributed by atoms with Crippen LogP contribution in [0, 0.1) is 0 Å². The molecule has 0 aromatic rings. The van der Waals surface area contributed by atoms with Gasteiger partial charge in [0.05, 0.1) is 5.37 Å². The van der Waals surface area contributed by atoms with E-state index in [4.69, 9.17) is 0 Å². The Morgan fingerprint density at radius 3 is 3.00 bits per heavy atom. The Kier molecular flexibility index (Phi) is 3.55. The Morgan fingerprint density at radius 1 is 1.75 bits per heavy atom. The van der Waals surface area contributed by atoms with Crippen molar-refractivity contribution in [3.8, 4) is 0 Å². The van der Waals surface area contributed by atoms with Gasteiger partial charge in [0.25, 0.3) is 0 Å². The van der Waals surface area contributed by atoms with E-state index in [0.29, 0.717) is 5.37 Å². The van der Waals surface area contributed by atoms with Crippen LogP contribution in [0.2, 0.25) is 0 Å². The zero-order valence-electron chi connectivity index (χ0n) is 7.26. The summed E-state index contributed by atoms with van der Waals surface area (Å²) < 4.78 is 0. The molecule has 12 heavy (non-hydrogen) atoms. The summed E-state index contributed by atoms with van der Waals surface area (Å²) in [6.45, 7) is 3.90. The van der Waals surface area contributed by atoms with E-state index in [1.54, 1.807) is 11.8 Å². The first-order valence-electron chi connectivity index (χ1n) is 3.94. The fraction of sp³-hybridized carbons (Fsp3) is 0.714. The van der Waals surface area contributed by atoms with Crippen LogP contribution in [0.3, 0.4) is 0 Å². The Morgan fingerprint density at radius 2 is 2.50 bits per heavy atom. The van der Waals surface area contributed by atoms with E-state index in [-0.39, 0.29) is 12.3 Å². The number of carbonyl (C=O) groups excluding carboxylic acids is 1. The number of hydrazine groups is 1. The minimum absolute atomic E-state index is 0.0878. The quantitative estimate of drug-likeness (QED) is 0.676. The summed E-state index contributed by atoms with van der Waals surface area (Å²) in [7, 11) is 0. The standard InChI is InChI=1S/C7H13N3OS/c1-3-6-9-10-7(12-6)8-4-5(2)11/h6,9H,3-4H2,1-2H3,(H,8,10). The number of carbonyl (C=O) groups is 1. The van der Waals surface area contributed by atoms with Gasteiger partial charge in [0.15, 0.2) is 11.0 Å². The molecular weight excluding hydrogens is 174 g/mol. The summed E-state index contributed by atoms with van der Waals surface area (Å²) >= 11 is 1.63. The first kappa shape index (κ1) is 9.54. The SMILES string of the molecule is CCC1NNC(=NCC(C)=O)S1. The average Bonchev–Trinajstić information content (AvgIpc) is 2.48. The number of aliphatic imine (C=N–C) groups is 1. The Balaban J connectivity index is 2.35. The fourth-order valence-electron chi connectivity index (χ4n) is 0.781. The van der Waals surface area contributed by atoms with Gasteiger partial charge >= 0.3 is 0 Å². The molecule has 1 atom stereocenters. The monoisotopic (exact) mass is 187 g/mol. The van der Waals surface area contributed by atoms with Gasteiger partial charge in [-0.25, -0.2) is 5.43 Å². The zero-order valence-corrected chi connectivity index (χ0v) is 8.07. The van der Waals surface area contributed by atoms with Crippen molar-refractivity contribution in [2.75, 3.05) is 6.54 Å². The molecule has 0 saturated carbocycles. The first-order valence-corrected chi connectivity index (χ1v) is 4.82. The van der Waals surface area contributed by atoms with Gasteiger partial charge in [-0.15, -0.1) is 0 Å². The minimum atomic E-state index is 0.0878. The molecule has 1 unspecified atom stereocenters. The summed E-state index contributed by atoms with van der Waals surface area (Å²) in [5, 5.41) is 1.20. The molecule has 0 bridgehead atoms. The number of rotatable bonds is 3. The van der Waals surface area contributed by atoms with Crippen molar-refractivity contribution in [2.24, 2.45) is 4.99 Å². The summed E-state index contributed by atoms with van der Waals surface area (Å²) in [5.41, 5.74) is 5.97. The second kappa shape index (κ2) is 4.47. The molecule has 2 N–H and O–H groups in total. The van der Waals surface area contributed by atoms with Crippen LogP contribution in [-0.2, 0) is 4.79 Å². The molecule has 1 aliphatic rings. The molecule has 0 aliphatic carbocycles. The molecule has 0 spiro atoms. The number of thioether (sulfide) groups is 1. The zero-order chi connectivity index (χ0) is 8.97. The number of hydrogen-bond donors (Lipinski definition) is 2. The number of amidine groups is 1. The third-order valence-corrected chi connectivity index (χ3v) is 2.60. The van der Waals surface area contributed by atoms with Crippen molar-refractivity contribution < 1.29 is 4.79 Å². The van der Waals surface area contributed by atoms with Gasteiger partial charge < -0.3 is 0 Å². The van der Waals surface area contributed by atoms with E-state index in [1.807, 2.05) is 0 Å². The third kappa shape index (κ3) is 2.83. The molecule has 1 saturated heterocycles. The normalized spacial score (nSPS) is 25.8. The lowest BCUT2D eigenvalue weighted by Crippen LogP contribution is -2.31. The summed E-state index contributed by atoms with van der Waals surface area (Å²) in [6.07, 6.45) is 1.04. The Bertz CT molecular complexity index is 205. The maximum atomic E-state index is 10.6. The van der Waals surface area contributed by atoms with E-state index in [1.165, 1.54) is 6.92 Å². The van der Waals surface area contributed by atoms with Crippen molar-refractivity contribution in [1.82, 2.24) is 10.9 Å². The number of hydrogen-bond acceptors (Lipinski definition) is 4. The van der Waals surface area contributed by atoms with Crippen molar-refractivity contribution in [3.63, 3.8) is 0 Å². The molecule has 0 aromatic heterocycles. The van der Waals surface area contributed by atoms with Crippen LogP contribution in [0.15, 0.2) is 4.99 Å². The summed E-state index contributed by atoms with van der Waals surface area (Å²) in [5.74, 6) is 0.0878. The second-order valence-electron chi connectivity index (χ2n) is 2.61. The van der Waals surface area contributed by atoms with Crippen molar-refractivity contribution >= 4 is 22.7 Å². The van der Waals surface area contributed by atoms with Crippen LogP contribution >= 0.6 is 11.8 Å². The first-order chi connectivity index (χ1) is 5.72. The molecule has 1 rings (SSSR count). The Hall–Kier alpha value is -0.550. The van der Waals surface area contributed by atoms with Crippen molar-refractivity contribution in [2.45, 2.75) is 25.6 Å². The lowest BCUT2D eigenvalue weighted by atomic mass is 10.5. The second-order valence-corrected chi connectivity index (χ2v) is 3.80. The molecule has 1 aliphatic heterocycles. The highest BCUT2D eigenvalue weighted by Crippen LogP contribution is 2.16. The lowest BCUT2D eigenvalue weighted by Gasteiger charge is -1.99. The maximum Gasteiger partial charge on any atom is 0.173 e. The molecule has 0 radical (unpaired) electrons. The van der Waals surface area contributed by atoms with E-state index in [0.717, 1.165) is 11.6 Å². The minimum Gasteiger partial charge on any atom is -0.299 e. The van der Waals surface area contributed by atoms with Crippen LogP contribution < -0.4 is 10.9 Å². The largest absolute Gasteiger partial charge is 0.299 e. The predicted octanol–water partition coefficient (Wildman–Crippen LogP) is 0.509. The maximum absolute atomic E-state index is 10.6. The van der Waals surface area contributed by atoms with E-state index in [9.17, 15) is 4.79 Å². The highest BCUT2D eigenvalue weighted by atomic mass is 32.2. The van der Waals surface area contributed by atoms with Crippen LogP contribution in [0.1, 0.15) is 20.3 Å². The molecule has 5 heteroatoms. The molecule has 0 aromatic carbocycles.